The van der Waals surface area contributed by atoms with Crippen LogP contribution >= 0.6 is 0 Å². The van der Waals surface area contributed by atoms with Gasteiger partial charge in [-0.05, 0) is 51.4 Å². The molecule has 20 heavy (non-hydrogen) atoms. The summed E-state index contributed by atoms with van der Waals surface area (Å²) in [5.74, 6) is -0.587. The smallest absolute Gasteiger partial charge is 0.257 e. The number of benzene rings is 1. The summed E-state index contributed by atoms with van der Waals surface area (Å²) in [4.78, 5) is 14.5. The lowest BCUT2D eigenvalue weighted by Gasteiger charge is -2.34. The molecule has 0 aromatic heterocycles. The summed E-state index contributed by atoms with van der Waals surface area (Å²) < 4.78 is 13.9. The van der Waals surface area contributed by atoms with Crippen molar-refractivity contribution in [3.63, 3.8) is 0 Å². The quantitative estimate of drug-likeness (QED) is 0.918. The van der Waals surface area contributed by atoms with Crippen molar-refractivity contribution >= 4 is 5.91 Å². The lowest BCUT2D eigenvalue weighted by Crippen LogP contribution is -2.46. The van der Waals surface area contributed by atoms with Crippen molar-refractivity contribution < 1.29 is 9.18 Å². The fourth-order valence-corrected chi connectivity index (χ4v) is 2.77. The van der Waals surface area contributed by atoms with Crippen molar-refractivity contribution in [2.75, 3.05) is 19.6 Å². The maximum absolute atomic E-state index is 13.9. The molecular weight excluding hydrogens is 255 g/mol. The number of amides is 1. The first-order valence-corrected chi connectivity index (χ1v) is 7.41. The number of carbonyl (C=O) groups excluding carboxylic acids is 1. The van der Waals surface area contributed by atoms with Gasteiger partial charge in [0.05, 0.1) is 5.56 Å². The van der Waals surface area contributed by atoms with Crippen LogP contribution in [-0.2, 0) is 0 Å². The summed E-state index contributed by atoms with van der Waals surface area (Å²) in [5.41, 5.74) is 1.12. The van der Waals surface area contributed by atoms with E-state index in [1.165, 1.54) is 6.07 Å². The molecule has 1 heterocycles. The van der Waals surface area contributed by atoms with Gasteiger partial charge in [0.2, 0.25) is 0 Å². The van der Waals surface area contributed by atoms with Crippen LogP contribution in [0, 0.1) is 12.7 Å². The van der Waals surface area contributed by atoms with Gasteiger partial charge in [-0.2, -0.15) is 0 Å². The molecule has 0 spiro atoms. The molecule has 0 unspecified atom stereocenters. The molecule has 0 saturated carbocycles. The molecule has 1 saturated heterocycles. The molecule has 1 aliphatic rings. The van der Waals surface area contributed by atoms with Crippen LogP contribution in [0.15, 0.2) is 18.2 Å². The van der Waals surface area contributed by atoms with Gasteiger partial charge < -0.3 is 10.2 Å². The van der Waals surface area contributed by atoms with E-state index in [2.05, 4.69) is 5.32 Å². The van der Waals surface area contributed by atoms with Gasteiger partial charge in [0, 0.05) is 12.6 Å². The van der Waals surface area contributed by atoms with Gasteiger partial charge in [-0.15, -0.1) is 0 Å². The fourth-order valence-electron chi connectivity index (χ4n) is 2.77. The Hall–Kier alpha value is -1.42. The van der Waals surface area contributed by atoms with Crippen molar-refractivity contribution in [1.82, 2.24) is 10.2 Å². The molecule has 1 aromatic carbocycles. The highest BCUT2D eigenvalue weighted by Crippen LogP contribution is 2.19. The number of hydrogen-bond donors (Lipinski definition) is 1. The van der Waals surface area contributed by atoms with E-state index in [0.717, 1.165) is 37.9 Å². The zero-order valence-corrected chi connectivity index (χ0v) is 12.3. The minimum atomic E-state index is -0.421. The van der Waals surface area contributed by atoms with Crippen molar-refractivity contribution in [2.45, 2.75) is 39.2 Å². The molecule has 0 radical (unpaired) electrons. The van der Waals surface area contributed by atoms with E-state index in [-0.39, 0.29) is 17.5 Å². The van der Waals surface area contributed by atoms with Gasteiger partial charge in [0.1, 0.15) is 5.82 Å². The van der Waals surface area contributed by atoms with Crippen LogP contribution in [0.4, 0.5) is 4.39 Å². The Morgan fingerprint density at radius 3 is 2.75 bits per heavy atom. The Morgan fingerprint density at radius 2 is 2.10 bits per heavy atom. The second-order valence-electron chi connectivity index (χ2n) is 5.46. The van der Waals surface area contributed by atoms with E-state index in [1.807, 2.05) is 18.7 Å². The highest BCUT2D eigenvalue weighted by Gasteiger charge is 2.27. The minimum absolute atomic E-state index is 0.167. The zero-order chi connectivity index (χ0) is 14.5. The number of aryl methyl sites for hydroxylation is 1. The first-order valence-electron chi connectivity index (χ1n) is 7.41. The molecular formula is C16H23FN2O. The second-order valence-corrected chi connectivity index (χ2v) is 5.46. The van der Waals surface area contributed by atoms with Crippen LogP contribution in [-0.4, -0.2) is 36.5 Å². The lowest BCUT2D eigenvalue weighted by atomic mass is 10.0. The first kappa shape index (κ1) is 15.0. The normalized spacial score (nSPS) is 16.1. The Labute approximate surface area is 120 Å². The topological polar surface area (TPSA) is 32.3 Å². The predicted molar refractivity (Wildman–Crippen MR) is 78.4 cm³/mol. The molecule has 1 amide bonds. The summed E-state index contributed by atoms with van der Waals surface area (Å²) in [6.45, 7) is 6.47. The van der Waals surface area contributed by atoms with E-state index in [1.54, 1.807) is 12.1 Å². The van der Waals surface area contributed by atoms with E-state index in [0.29, 0.717) is 6.54 Å². The molecule has 1 aliphatic heterocycles. The SMILES string of the molecule is CCCN(C(=O)c1cc(C)ccc1F)C1CCNCC1. The van der Waals surface area contributed by atoms with Crippen LogP contribution in [0.25, 0.3) is 0 Å². The molecule has 110 valence electrons. The molecule has 0 bridgehead atoms. The van der Waals surface area contributed by atoms with Crippen LogP contribution in [0.3, 0.4) is 0 Å². The minimum Gasteiger partial charge on any atom is -0.335 e. The third-order valence-corrected chi connectivity index (χ3v) is 3.83. The van der Waals surface area contributed by atoms with Gasteiger partial charge in [-0.25, -0.2) is 4.39 Å². The molecule has 1 fully saturated rings. The molecule has 0 aliphatic carbocycles. The summed E-state index contributed by atoms with van der Waals surface area (Å²) in [5, 5.41) is 3.30. The Kier molecular flexibility index (Phi) is 5.12. The van der Waals surface area contributed by atoms with Crippen LogP contribution < -0.4 is 5.32 Å². The first-order chi connectivity index (χ1) is 9.63. The van der Waals surface area contributed by atoms with Crippen molar-refractivity contribution in [2.24, 2.45) is 0 Å². The fraction of sp³-hybridized carbons (Fsp3) is 0.562. The standard InChI is InChI=1S/C16H23FN2O/c1-3-10-19(13-6-8-18-9-7-13)16(20)14-11-12(2)4-5-15(14)17/h4-5,11,13,18H,3,6-10H2,1-2H3. The maximum atomic E-state index is 13.9. The van der Waals surface area contributed by atoms with Crippen LogP contribution in [0.1, 0.15) is 42.1 Å². The molecule has 0 atom stereocenters. The van der Waals surface area contributed by atoms with Crippen molar-refractivity contribution in [1.29, 1.82) is 0 Å². The zero-order valence-electron chi connectivity index (χ0n) is 12.3. The summed E-state index contributed by atoms with van der Waals surface area (Å²) in [6.07, 6.45) is 2.78. The van der Waals surface area contributed by atoms with E-state index >= 15 is 0 Å². The average molecular weight is 278 g/mol. The number of piperidine rings is 1. The van der Waals surface area contributed by atoms with Crippen molar-refractivity contribution in [3.05, 3.63) is 35.1 Å². The van der Waals surface area contributed by atoms with Crippen molar-refractivity contribution in [3.8, 4) is 0 Å². The monoisotopic (exact) mass is 278 g/mol. The second kappa shape index (κ2) is 6.84. The molecule has 2 rings (SSSR count). The predicted octanol–water partition coefficient (Wildman–Crippen LogP) is 2.74. The Morgan fingerprint density at radius 1 is 1.40 bits per heavy atom. The van der Waals surface area contributed by atoms with Gasteiger partial charge in [0.25, 0.3) is 5.91 Å². The highest BCUT2D eigenvalue weighted by atomic mass is 19.1. The van der Waals surface area contributed by atoms with E-state index in [4.69, 9.17) is 0 Å². The van der Waals surface area contributed by atoms with Crippen LogP contribution in [0.2, 0.25) is 0 Å². The third kappa shape index (κ3) is 3.37. The summed E-state index contributed by atoms with van der Waals surface area (Å²) in [7, 11) is 0. The van der Waals surface area contributed by atoms with Gasteiger partial charge in [-0.1, -0.05) is 18.6 Å². The molecule has 1 N–H and O–H groups in total. The van der Waals surface area contributed by atoms with Crippen LogP contribution in [0.5, 0.6) is 0 Å². The largest absolute Gasteiger partial charge is 0.335 e. The molecule has 3 nitrogen and oxygen atoms in total. The van der Waals surface area contributed by atoms with Gasteiger partial charge in [-0.3, -0.25) is 4.79 Å². The number of nitrogens with one attached hydrogen (secondary N) is 1. The average Bonchev–Trinajstić information content (AvgIpc) is 2.47. The lowest BCUT2D eigenvalue weighted by molar-refractivity contribution is 0.0638. The van der Waals surface area contributed by atoms with Gasteiger partial charge in [0.15, 0.2) is 0 Å². The highest BCUT2D eigenvalue weighted by molar-refractivity contribution is 5.95. The summed E-state index contributed by atoms with van der Waals surface area (Å²) in [6, 6.07) is 4.96. The summed E-state index contributed by atoms with van der Waals surface area (Å²) >= 11 is 0. The van der Waals surface area contributed by atoms with Gasteiger partial charge >= 0.3 is 0 Å². The number of halogens is 1. The molecule has 4 heteroatoms. The Balaban J connectivity index is 2.23. The molecule has 1 aromatic rings. The maximum Gasteiger partial charge on any atom is 0.257 e. The number of hydrogen-bond acceptors (Lipinski definition) is 2. The number of rotatable bonds is 4. The Bertz CT molecular complexity index is 470. The number of carbonyl (C=O) groups is 1. The third-order valence-electron chi connectivity index (χ3n) is 3.83. The number of nitrogens with zero attached hydrogens (tertiary/aromatic N) is 1. The van der Waals surface area contributed by atoms with E-state index < -0.39 is 5.82 Å². The van der Waals surface area contributed by atoms with E-state index in [9.17, 15) is 9.18 Å².